The Hall–Kier alpha value is -1.82. The number of aryl methyl sites for hydroxylation is 1. The van der Waals surface area contributed by atoms with Gasteiger partial charge in [0.2, 0.25) is 0 Å². The van der Waals surface area contributed by atoms with Crippen LogP contribution in [-0.4, -0.2) is 29.8 Å². The van der Waals surface area contributed by atoms with Crippen LogP contribution in [0.3, 0.4) is 0 Å². The topological polar surface area (TPSA) is 76.7 Å². The van der Waals surface area contributed by atoms with E-state index in [1.807, 2.05) is 0 Å². The summed E-state index contributed by atoms with van der Waals surface area (Å²) >= 11 is 0. The first-order chi connectivity index (χ1) is 8.31. The van der Waals surface area contributed by atoms with E-state index in [1.54, 1.807) is 23.3 Å². The van der Waals surface area contributed by atoms with Crippen molar-refractivity contribution in [3.05, 3.63) is 36.4 Å². The quantitative estimate of drug-likeness (QED) is 0.824. The molecule has 6 heteroatoms. The molecule has 0 spiro atoms. The molecular weight excluding hydrogens is 218 g/mol. The number of hydrogen-bond donors (Lipinski definition) is 1. The molecule has 0 aliphatic rings. The average Bonchev–Trinajstić information content (AvgIpc) is 2.78. The van der Waals surface area contributed by atoms with Gasteiger partial charge in [-0.05, 0) is 6.42 Å². The zero-order valence-corrected chi connectivity index (χ0v) is 9.69. The van der Waals surface area contributed by atoms with Crippen molar-refractivity contribution in [2.24, 2.45) is 0 Å². The summed E-state index contributed by atoms with van der Waals surface area (Å²) in [4.78, 5) is 12.1. The van der Waals surface area contributed by atoms with Gasteiger partial charge in [0.15, 0.2) is 0 Å². The fraction of sp³-hybridized carbons (Fsp3) is 0.455. The van der Waals surface area contributed by atoms with Gasteiger partial charge >= 0.3 is 0 Å². The molecule has 0 fully saturated rings. The third-order valence-electron chi connectivity index (χ3n) is 2.43. The SMILES string of the molecule is CCCn1ncnc1CC(O)c1cnccn1. The van der Waals surface area contributed by atoms with E-state index in [0.717, 1.165) is 18.8 Å². The molecule has 0 saturated heterocycles. The fourth-order valence-electron chi connectivity index (χ4n) is 1.60. The van der Waals surface area contributed by atoms with E-state index in [2.05, 4.69) is 27.0 Å². The summed E-state index contributed by atoms with van der Waals surface area (Å²) in [5.41, 5.74) is 0.554. The number of nitrogens with zero attached hydrogens (tertiary/aromatic N) is 5. The van der Waals surface area contributed by atoms with Gasteiger partial charge < -0.3 is 5.11 Å². The highest BCUT2D eigenvalue weighted by molar-refractivity contribution is 5.02. The first-order valence-electron chi connectivity index (χ1n) is 5.62. The predicted molar refractivity (Wildman–Crippen MR) is 61.0 cm³/mol. The van der Waals surface area contributed by atoms with Crippen LogP contribution in [0.15, 0.2) is 24.9 Å². The number of aromatic nitrogens is 5. The first-order valence-corrected chi connectivity index (χ1v) is 5.62. The van der Waals surface area contributed by atoms with Crippen LogP contribution < -0.4 is 0 Å². The van der Waals surface area contributed by atoms with E-state index in [4.69, 9.17) is 0 Å². The van der Waals surface area contributed by atoms with Crippen molar-refractivity contribution in [3.8, 4) is 0 Å². The lowest BCUT2D eigenvalue weighted by Crippen LogP contribution is -2.11. The molecular formula is C11H15N5O. The highest BCUT2D eigenvalue weighted by Gasteiger charge is 2.14. The normalized spacial score (nSPS) is 12.6. The molecule has 0 bridgehead atoms. The van der Waals surface area contributed by atoms with Crippen LogP contribution in [0.4, 0.5) is 0 Å². The second-order valence-corrected chi connectivity index (χ2v) is 3.75. The Bertz CT molecular complexity index is 456. The molecule has 1 unspecified atom stereocenters. The van der Waals surface area contributed by atoms with Gasteiger partial charge in [-0.25, -0.2) is 4.98 Å². The molecule has 0 aliphatic carbocycles. The van der Waals surface area contributed by atoms with Crippen molar-refractivity contribution in [2.45, 2.75) is 32.4 Å². The van der Waals surface area contributed by atoms with Gasteiger partial charge in [-0.1, -0.05) is 6.92 Å². The summed E-state index contributed by atoms with van der Waals surface area (Å²) in [7, 11) is 0. The Kier molecular flexibility index (Phi) is 3.77. The van der Waals surface area contributed by atoms with E-state index in [-0.39, 0.29) is 0 Å². The van der Waals surface area contributed by atoms with Gasteiger partial charge in [0, 0.05) is 25.4 Å². The highest BCUT2D eigenvalue weighted by atomic mass is 16.3. The third kappa shape index (κ3) is 2.85. The second-order valence-electron chi connectivity index (χ2n) is 3.75. The van der Waals surface area contributed by atoms with Crippen LogP contribution in [0.2, 0.25) is 0 Å². The maximum Gasteiger partial charge on any atom is 0.138 e. The lowest BCUT2D eigenvalue weighted by molar-refractivity contribution is 0.168. The Morgan fingerprint density at radius 1 is 1.35 bits per heavy atom. The Labute approximate surface area is 99.4 Å². The molecule has 0 aromatic carbocycles. The molecule has 0 saturated carbocycles. The average molecular weight is 233 g/mol. The molecule has 0 radical (unpaired) electrons. The van der Waals surface area contributed by atoms with Crippen LogP contribution in [-0.2, 0) is 13.0 Å². The van der Waals surface area contributed by atoms with Gasteiger partial charge in [-0.15, -0.1) is 0 Å². The largest absolute Gasteiger partial charge is 0.386 e. The maximum absolute atomic E-state index is 10.0. The van der Waals surface area contributed by atoms with Crippen LogP contribution in [0.1, 0.15) is 31.0 Å². The monoisotopic (exact) mass is 233 g/mol. The molecule has 1 atom stereocenters. The molecule has 2 heterocycles. The van der Waals surface area contributed by atoms with E-state index >= 15 is 0 Å². The zero-order chi connectivity index (χ0) is 12.1. The zero-order valence-electron chi connectivity index (χ0n) is 9.69. The molecule has 1 N–H and O–H groups in total. The molecule has 2 rings (SSSR count). The predicted octanol–water partition coefficient (Wildman–Crippen LogP) is 0.754. The summed E-state index contributed by atoms with van der Waals surface area (Å²) in [5.74, 6) is 0.769. The van der Waals surface area contributed by atoms with E-state index in [0.29, 0.717) is 12.1 Å². The fourth-order valence-corrected chi connectivity index (χ4v) is 1.60. The number of aliphatic hydroxyl groups excluding tert-OH is 1. The van der Waals surface area contributed by atoms with Crippen LogP contribution in [0.25, 0.3) is 0 Å². The summed E-state index contributed by atoms with van der Waals surface area (Å²) < 4.78 is 1.81. The summed E-state index contributed by atoms with van der Waals surface area (Å²) in [6, 6.07) is 0. The molecule has 2 aromatic heterocycles. The summed E-state index contributed by atoms with van der Waals surface area (Å²) in [6.07, 6.45) is 6.91. The molecule has 0 aliphatic heterocycles. The van der Waals surface area contributed by atoms with Gasteiger partial charge in [-0.3, -0.25) is 14.6 Å². The Morgan fingerprint density at radius 3 is 2.94 bits per heavy atom. The van der Waals surface area contributed by atoms with Crippen molar-refractivity contribution in [3.63, 3.8) is 0 Å². The number of rotatable bonds is 5. The van der Waals surface area contributed by atoms with Crippen molar-refractivity contribution in [1.29, 1.82) is 0 Å². The van der Waals surface area contributed by atoms with Crippen LogP contribution in [0, 0.1) is 0 Å². The summed E-state index contributed by atoms with van der Waals surface area (Å²) in [5, 5.41) is 14.1. The highest BCUT2D eigenvalue weighted by Crippen LogP contribution is 2.13. The van der Waals surface area contributed by atoms with Gasteiger partial charge in [0.05, 0.1) is 11.9 Å². The summed E-state index contributed by atoms with van der Waals surface area (Å²) in [6.45, 7) is 2.88. The number of aliphatic hydroxyl groups is 1. The van der Waals surface area contributed by atoms with Gasteiger partial charge in [0.25, 0.3) is 0 Å². The molecule has 0 amide bonds. The lowest BCUT2D eigenvalue weighted by Gasteiger charge is -2.09. The van der Waals surface area contributed by atoms with Crippen molar-refractivity contribution < 1.29 is 5.11 Å². The van der Waals surface area contributed by atoms with Crippen molar-refractivity contribution >= 4 is 0 Å². The van der Waals surface area contributed by atoms with Gasteiger partial charge in [-0.2, -0.15) is 5.10 Å². The smallest absolute Gasteiger partial charge is 0.138 e. The second kappa shape index (κ2) is 5.49. The van der Waals surface area contributed by atoms with E-state index < -0.39 is 6.10 Å². The third-order valence-corrected chi connectivity index (χ3v) is 2.43. The van der Waals surface area contributed by atoms with Crippen LogP contribution in [0.5, 0.6) is 0 Å². The Balaban J connectivity index is 2.08. The minimum atomic E-state index is -0.691. The lowest BCUT2D eigenvalue weighted by atomic mass is 10.2. The van der Waals surface area contributed by atoms with Crippen molar-refractivity contribution in [1.82, 2.24) is 24.7 Å². The first kappa shape index (κ1) is 11.7. The molecule has 17 heavy (non-hydrogen) atoms. The minimum Gasteiger partial charge on any atom is -0.386 e. The van der Waals surface area contributed by atoms with Crippen LogP contribution >= 0.6 is 0 Å². The molecule has 90 valence electrons. The number of hydrogen-bond acceptors (Lipinski definition) is 5. The van der Waals surface area contributed by atoms with Gasteiger partial charge in [0.1, 0.15) is 18.3 Å². The Morgan fingerprint density at radius 2 is 2.24 bits per heavy atom. The van der Waals surface area contributed by atoms with E-state index in [9.17, 15) is 5.11 Å². The maximum atomic E-state index is 10.0. The minimum absolute atomic E-state index is 0.401. The molecule has 2 aromatic rings. The molecule has 6 nitrogen and oxygen atoms in total. The van der Waals surface area contributed by atoms with Crippen molar-refractivity contribution in [2.75, 3.05) is 0 Å². The van der Waals surface area contributed by atoms with E-state index in [1.165, 1.54) is 6.33 Å². The standard InChI is InChI=1S/C11H15N5O/c1-2-5-16-11(14-8-15-16)6-10(17)9-7-12-3-4-13-9/h3-4,7-8,10,17H,2,5-6H2,1H3.